The Morgan fingerprint density at radius 1 is 1.00 bits per heavy atom. The Labute approximate surface area is 156 Å². The lowest BCUT2D eigenvalue weighted by molar-refractivity contribution is 0.139. The van der Waals surface area contributed by atoms with Gasteiger partial charge in [-0.05, 0) is 61.3 Å². The molecule has 1 aliphatic carbocycles. The summed E-state index contributed by atoms with van der Waals surface area (Å²) in [7, 11) is -3.47. The Kier molecular flexibility index (Phi) is 5.80. The van der Waals surface area contributed by atoms with Crippen molar-refractivity contribution in [2.75, 3.05) is 13.2 Å². The summed E-state index contributed by atoms with van der Waals surface area (Å²) >= 11 is 0. The van der Waals surface area contributed by atoms with Crippen LogP contribution in [0.1, 0.15) is 36.0 Å². The van der Waals surface area contributed by atoms with Gasteiger partial charge in [0.1, 0.15) is 0 Å². The molecule has 26 heavy (non-hydrogen) atoms. The van der Waals surface area contributed by atoms with Gasteiger partial charge in [-0.3, -0.25) is 0 Å². The summed E-state index contributed by atoms with van der Waals surface area (Å²) in [5.74, 6) is 0. The number of sulfonamides is 1. The molecule has 2 aromatic rings. The SMILES string of the molecule is Cc1ccc(S(=O)(=O)NCC2(Cc3ccc(CCO)cc3)CCC2)cc1. The topological polar surface area (TPSA) is 66.4 Å². The summed E-state index contributed by atoms with van der Waals surface area (Å²) in [5.41, 5.74) is 3.40. The number of nitrogens with one attached hydrogen (secondary N) is 1. The first-order chi connectivity index (χ1) is 12.4. The predicted molar refractivity (Wildman–Crippen MR) is 104 cm³/mol. The van der Waals surface area contributed by atoms with Crippen molar-refractivity contribution < 1.29 is 13.5 Å². The van der Waals surface area contributed by atoms with E-state index in [1.54, 1.807) is 12.1 Å². The van der Waals surface area contributed by atoms with Gasteiger partial charge >= 0.3 is 0 Å². The molecular weight excluding hydrogens is 346 g/mol. The van der Waals surface area contributed by atoms with Crippen LogP contribution in [0.5, 0.6) is 0 Å². The predicted octanol–water partition coefficient (Wildman–Crippen LogP) is 3.22. The minimum absolute atomic E-state index is 0.0102. The van der Waals surface area contributed by atoms with Gasteiger partial charge < -0.3 is 5.11 Å². The summed E-state index contributed by atoms with van der Waals surface area (Å²) in [4.78, 5) is 0.325. The zero-order valence-corrected chi connectivity index (χ0v) is 16.1. The van der Waals surface area contributed by atoms with E-state index in [1.807, 2.05) is 31.2 Å². The van der Waals surface area contributed by atoms with E-state index in [2.05, 4.69) is 16.9 Å². The fourth-order valence-corrected chi connectivity index (χ4v) is 4.68. The molecule has 0 bridgehead atoms. The summed E-state index contributed by atoms with van der Waals surface area (Å²) in [6.45, 7) is 2.57. The summed E-state index contributed by atoms with van der Waals surface area (Å²) in [5, 5.41) is 9.01. The Morgan fingerprint density at radius 2 is 1.62 bits per heavy atom. The van der Waals surface area contributed by atoms with Crippen molar-refractivity contribution in [2.45, 2.75) is 43.9 Å². The van der Waals surface area contributed by atoms with Crippen molar-refractivity contribution in [3.63, 3.8) is 0 Å². The summed E-state index contributed by atoms with van der Waals surface area (Å²) < 4.78 is 28.0. The van der Waals surface area contributed by atoms with Gasteiger partial charge in [0, 0.05) is 13.2 Å². The molecule has 0 radical (unpaired) electrons. The molecule has 0 aliphatic heterocycles. The monoisotopic (exact) mass is 373 g/mol. The van der Waals surface area contributed by atoms with E-state index in [0.717, 1.165) is 36.8 Å². The van der Waals surface area contributed by atoms with Crippen molar-refractivity contribution in [1.29, 1.82) is 0 Å². The highest BCUT2D eigenvalue weighted by molar-refractivity contribution is 7.89. The van der Waals surface area contributed by atoms with Crippen LogP contribution in [0.2, 0.25) is 0 Å². The maximum Gasteiger partial charge on any atom is 0.240 e. The number of aliphatic hydroxyl groups is 1. The molecule has 4 nitrogen and oxygen atoms in total. The molecule has 0 amide bonds. The largest absolute Gasteiger partial charge is 0.396 e. The molecule has 1 fully saturated rings. The highest BCUT2D eigenvalue weighted by Crippen LogP contribution is 2.43. The number of rotatable bonds is 8. The molecule has 2 N–H and O–H groups in total. The Bertz CT molecular complexity index is 823. The van der Waals surface area contributed by atoms with Gasteiger partial charge in [0.2, 0.25) is 10.0 Å². The lowest BCUT2D eigenvalue weighted by atomic mass is 9.65. The standard InChI is InChI=1S/C21H27NO3S/c1-17-3-9-20(10-4-17)26(24,25)22-16-21(12-2-13-21)15-19-7-5-18(6-8-19)11-14-23/h3-10,22-23H,2,11-16H2,1H3. The Balaban J connectivity index is 1.65. The van der Waals surface area contributed by atoms with Crippen LogP contribution >= 0.6 is 0 Å². The van der Waals surface area contributed by atoms with E-state index in [0.29, 0.717) is 17.9 Å². The molecular formula is C21H27NO3S. The molecule has 0 atom stereocenters. The van der Waals surface area contributed by atoms with Gasteiger partial charge in [0.25, 0.3) is 0 Å². The lowest BCUT2D eigenvalue weighted by Crippen LogP contribution is -2.43. The van der Waals surface area contributed by atoms with E-state index in [-0.39, 0.29) is 12.0 Å². The first-order valence-corrected chi connectivity index (χ1v) is 10.7. The maximum atomic E-state index is 12.6. The van der Waals surface area contributed by atoms with Crippen molar-refractivity contribution in [1.82, 2.24) is 4.72 Å². The molecule has 1 aliphatic rings. The normalized spacial score (nSPS) is 16.2. The number of hydrogen-bond acceptors (Lipinski definition) is 3. The average molecular weight is 374 g/mol. The van der Waals surface area contributed by atoms with Gasteiger partial charge in [0.15, 0.2) is 0 Å². The minimum atomic E-state index is -3.47. The molecule has 5 heteroatoms. The van der Waals surface area contributed by atoms with Crippen LogP contribution in [0, 0.1) is 12.3 Å². The Morgan fingerprint density at radius 3 is 2.15 bits per heavy atom. The summed E-state index contributed by atoms with van der Waals surface area (Å²) in [6, 6.07) is 15.3. The second kappa shape index (κ2) is 7.91. The second-order valence-electron chi connectivity index (χ2n) is 7.46. The van der Waals surface area contributed by atoms with Gasteiger partial charge in [-0.15, -0.1) is 0 Å². The molecule has 2 aromatic carbocycles. The second-order valence-corrected chi connectivity index (χ2v) is 9.22. The fraction of sp³-hybridized carbons (Fsp3) is 0.429. The van der Waals surface area contributed by atoms with Crippen LogP contribution < -0.4 is 4.72 Å². The van der Waals surface area contributed by atoms with Crippen molar-refractivity contribution in [2.24, 2.45) is 5.41 Å². The van der Waals surface area contributed by atoms with Crippen LogP contribution in [-0.2, 0) is 22.9 Å². The maximum absolute atomic E-state index is 12.6. The van der Waals surface area contributed by atoms with Gasteiger partial charge in [-0.2, -0.15) is 0 Å². The molecule has 0 heterocycles. The van der Waals surface area contributed by atoms with E-state index < -0.39 is 10.0 Å². The van der Waals surface area contributed by atoms with Crippen LogP contribution in [-0.4, -0.2) is 26.7 Å². The molecule has 0 saturated heterocycles. The van der Waals surface area contributed by atoms with Crippen LogP contribution in [0.3, 0.4) is 0 Å². The van der Waals surface area contributed by atoms with Crippen molar-refractivity contribution >= 4 is 10.0 Å². The van der Waals surface area contributed by atoms with Gasteiger partial charge in [-0.1, -0.05) is 48.4 Å². The zero-order chi connectivity index (χ0) is 18.6. The van der Waals surface area contributed by atoms with E-state index in [4.69, 9.17) is 5.11 Å². The van der Waals surface area contributed by atoms with E-state index in [9.17, 15) is 8.42 Å². The Hall–Kier alpha value is -1.69. The molecule has 0 unspecified atom stereocenters. The lowest BCUT2D eigenvalue weighted by Gasteiger charge is -2.42. The molecule has 140 valence electrons. The molecule has 0 aromatic heterocycles. The molecule has 3 rings (SSSR count). The molecule has 1 saturated carbocycles. The fourth-order valence-electron chi connectivity index (χ4n) is 3.53. The number of aliphatic hydroxyl groups excluding tert-OH is 1. The summed E-state index contributed by atoms with van der Waals surface area (Å²) in [6.07, 6.45) is 4.78. The van der Waals surface area contributed by atoms with Crippen molar-refractivity contribution in [3.8, 4) is 0 Å². The zero-order valence-electron chi connectivity index (χ0n) is 15.2. The number of hydrogen-bond donors (Lipinski definition) is 2. The highest BCUT2D eigenvalue weighted by Gasteiger charge is 2.38. The molecule has 0 spiro atoms. The van der Waals surface area contributed by atoms with E-state index >= 15 is 0 Å². The van der Waals surface area contributed by atoms with Gasteiger partial charge in [0.05, 0.1) is 4.90 Å². The minimum Gasteiger partial charge on any atom is -0.396 e. The van der Waals surface area contributed by atoms with Crippen molar-refractivity contribution in [3.05, 3.63) is 65.2 Å². The smallest absolute Gasteiger partial charge is 0.240 e. The third-order valence-corrected chi connectivity index (χ3v) is 6.80. The third-order valence-electron chi connectivity index (χ3n) is 5.39. The number of aryl methyl sites for hydroxylation is 1. The van der Waals surface area contributed by atoms with Crippen LogP contribution in [0.15, 0.2) is 53.4 Å². The third kappa shape index (κ3) is 4.53. The first kappa shape index (κ1) is 19.1. The first-order valence-electron chi connectivity index (χ1n) is 9.18. The highest BCUT2D eigenvalue weighted by atomic mass is 32.2. The van der Waals surface area contributed by atoms with Crippen LogP contribution in [0.25, 0.3) is 0 Å². The van der Waals surface area contributed by atoms with E-state index in [1.165, 1.54) is 5.56 Å². The van der Waals surface area contributed by atoms with Gasteiger partial charge in [-0.25, -0.2) is 13.1 Å². The van der Waals surface area contributed by atoms with Crippen LogP contribution in [0.4, 0.5) is 0 Å². The quantitative estimate of drug-likeness (QED) is 0.747. The average Bonchev–Trinajstić information content (AvgIpc) is 2.59. The number of benzene rings is 2.